The molecule has 2 unspecified atom stereocenters. The maximum Gasteiger partial charge on any atom is 0.328 e. The summed E-state index contributed by atoms with van der Waals surface area (Å²) in [6, 6.07) is 5.45. The Morgan fingerprint density at radius 2 is 2.16 bits per heavy atom. The zero-order valence-corrected chi connectivity index (χ0v) is 13.8. The lowest BCUT2D eigenvalue weighted by Crippen LogP contribution is -2.20. The topological polar surface area (TPSA) is 44.1 Å². The Hall–Kier alpha value is -0.820. The smallest absolute Gasteiger partial charge is 0.328 e. The zero-order valence-electron chi connectivity index (χ0n) is 10.9. The van der Waals surface area contributed by atoms with Crippen molar-refractivity contribution in [3.05, 3.63) is 27.6 Å². The standard InChI is InChI=1S/C13H14ClIN2O2/c1-7(14)12-16-10-6-9(15)4-5-11(10)17(12)8(2)13(18)19-3/h4-8H,1-3H3. The molecule has 0 radical (unpaired) electrons. The number of hydrogen-bond donors (Lipinski definition) is 0. The van der Waals surface area contributed by atoms with Crippen molar-refractivity contribution in [2.75, 3.05) is 7.11 Å². The van der Waals surface area contributed by atoms with Crippen molar-refractivity contribution >= 4 is 51.2 Å². The molecule has 0 saturated carbocycles. The molecule has 0 aliphatic heterocycles. The minimum atomic E-state index is -0.453. The molecule has 2 atom stereocenters. The van der Waals surface area contributed by atoms with E-state index >= 15 is 0 Å². The number of carbonyl (C=O) groups excluding carboxylic acids is 1. The summed E-state index contributed by atoms with van der Waals surface area (Å²) in [4.78, 5) is 16.3. The second-order valence-electron chi connectivity index (χ2n) is 4.29. The van der Waals surface area contributed by atoms with Crippen molar-refractivity contribution in [2.24, 2.45) is 0 Å². The number of halogens is 2. The van der Waals surface area contributed by atoms with Gasteiger partial charge < -0.3 is 9.30 Å². The van der Waals surface area contributed by atoms with Crippen molar-refractivity contribution in [1.82, 2.24) is 9.55 Å². The van der Waals surface area contributed by atoms with Crippen LogP contribution >= 0.6 is 34.2 Å². The average molecular weight is 393 g/mol. The van der Waals surface area contributed by atoms with Gasteiger partial charge in [-0.2, -0.15) is 0 Å². The Morgan fingerprint density at radius 3 is 2.74 bits per heavy atom. The third kappa shape index (κ3) is 2.72. The van der Waals surface area contributed by atoms with Gasteiger partial charge in [0.25, 0.3) is 0 Å². The van der Waals surface area contributed by atoms with E-state index in [0.717, 1.165) is 14.6 Å². The van der Waals surface area contributed by atoms with Gasteiger partial charge in [0.2, 0.25) is 0 Å². The van der Waals surface area contributed by atoms with E-state index in [1.54, 1.807) is 6.92 Å². The fourth-order valence-electron chi connectivity index (χ4n) is 2.05. The second kappa shape index (κ2) is 5.66. The van der Waals surface area contributed by atoms with E-state index in [1.165, 1.54) is 7.11 Å². The number of imidazole rings is 1. The van der Waals surface area contributed by atoms with Crippen LogP contribution in [0.25, 0.3) is 11.0 Å². The predicted octanol–water partition coefficient (Wildman–Crippen LogP) is 3.67. The highest BCUT2D eigenvalue weighted by Crippen LogP contribution is 2.29. The maximum atomic E-state index is 11.8. The van der Waals surface area contributed by atoms with Gasteiger partial charge in [-0.1, -0.05) is 0 Å². The van der Waals surface area contributed by atoms with Crippen LogP contribution in [0.5, 0.6) is 0 Å². The van der Waals surface area contributed by atoms with Crippen LogP contribution in [0.1, 0.15) is 31.1 Å². The number of ether oxygens (including phenoxy) is 1. The molecule has 0 N–H and O–H groups in total. The Kier molecular flexibility index (Phi) is 4.35. The van der Waals surface area contributed by atoms with Gasteiger partial charge in [0.05, 0.1) is 23.5 Å². The lowest BCUT2D eigenvalue weighted by molar-refractivity contribution is -0.143. The van der Waals surface area contributed by atoms with E-state index in [1.807, 2.05) is 29.7 Å². The molecule has 102 valence electrons. The summed E-state index contributed by atoms with van der Waals surface area (Å²) in [6.45, 7) is 3.63. The number of fused-ring (bicyclic) bond motifs is 1. The summed E-state index contributed by atoms with van der Waals surface area (Å²) in [7, 11) is 1.38. The van der Waals surface area contributed by atoms with Gasteiger partial charge in [-0.15, -0.1) is 11.6 Å². The van der Waals surface area contributed by atoms with Crippen molar-refractivity contribution in [3.63, 3.8) is 0 Å². The number of rotatable bonds is 3. The minimum Gasteiger partial charge on any atom is -0.467 e. The largest absolute Gasteiger partial charge is 0.467 e. The molecule has 1 aromatic carbocycles. The van der Waals surface area contributed by atoms with Crippen molar-refractivity contribution in [3.8, 4) is 0 Å². The van der Waals surface area contributed by atoms with Crippen LogP contribution in [-0.4, -0.2) is 22.6 Å². The van der Waals surface area contributed by atoms with Gasteiger partial charge in [0.15, 0.2) is 0 Å². The van der Waals surface area contributed by atoms with Gasteiger partial charge >= 0.3 is 5.97 Å². The van der Waals surface area contributed by atoms with Crippen LogP contribution in [0.4, 0.5) is 0 Å². The second-order valence-corrected chi connectivity index (χ2v) is 6.19. The first-order chi connectivity index (χ1) is 8.95. The highest BCUT2D eigenvalue weighted by molar-refractivity contribution is 14.1. The number of nitrogens with zero attached hydrogens (tertiary/aromatic N) is 2. The third-order valence-corrected chi connectivity index (χ3v) is 3.83. The molecule has 0 amide bonds. The molecule has 2 aromatic rings. The maximum absolute atomic E-state index is 11.8. The van der Waals surface area contributed by atoms with Crippen LogP contribution in [0.15, 0.2) is 18.2 Å². The number of alkyl halides is 1. The number of esters is 1. The molecule has 4 nitrogen and oxygen atoms in total. The van der Waals surface area contributed by atoms with E-state index in [0.29, 0.717) is 5.82 Å². The molecule has 0 fully saturated rings. The molecule has 0 bridgehead atoms. The number of carbonyl (C=O) groups is 1. The molecule has 1 aromatic heterocycles. The molecule has 0 spiro atoms. The van der Waals surface area contributed by atoms with E-state index in [2.05, 4.69) is 27.6 Å². The lowest BCUT2D eigenvalue weighted by atomic mass is 10.2. The van der Waals surface area contributed by atoms with Crippen LogP contribution in [0.3, 0.4) is 0 Å². The lowest BCUT2D eigenvalue weighted by Gasteiger charge is -2.16. The quantitative estimate of drug-likeness (QED) is 0.455. The Morgan fingerprint density at radius 1 is 1.47 bits per heavy atom. The molecule has 0 aliphatic carbocycles. The SMILES string of the molecule is COC(=O)C(C)n1c(C(C)Cl)nc2cc(I)ccc21. The highest BCUT2D eigenvalue weighted by atomic mass is 127. The number of aromatic nitrogens is 2. The molecule has 0 saturated heterocycles. The molecular weight excluding hydrogens is 379 g/mol. The summed E-state index contributed by atoms with van der Waals surface area (Å²) >= 11 is 8.40. The number of benzene rings is 1. The van der Waals surface area contributed by atoms with E-state index in [-0.39, 0.29) is 11.3 Å². The summed E-state index contributed by atoms with van der Waals surface area (Å²) in [5, 5.41) is -0.280. The van der Waals surface area contributed by atoms with Crippen LogP contribution < -0.4 is 0 Å². The Labute approximate surface area is 130 Å². The molecule has 19 heavy (non-hydrogen) atoms. The fourth-order valence-corrected chi connectivity index (χ4v) is 2.68. The summed E-state index contributed by atoms with van der Waals surface area (Å²) < 4.78 is 7.75. The van der Waals surface area contributed by atoms with Crippen LogP contribution in [-0.2, 0) is 9.53 Å². The van der Waals surface area contributed by atoms with Gasteiger partial charge in [-0.25, -0.2) is 9.78 Å². The third-order valence-electron chi connectivity index (χ3n) is 2.96. The first kappa shape index (κ1) is 14.6. The minimum absolute atomic E-state index is 0.280. The summed E-state index contributed by atoms with van der Waals surface area (Å²) in [5.74, 6) is 0.369. The average Bonchev–Trinajstić information content (AvgIpc) is 2.75. The predicted molar refractivity (Wildman–Crippen MR) is 83.4 cm³/mol. The number of methoxy groups -OCH3 is 1. The van der Waals surface area contributed by atoms with Gasteiger partial charge in [0, 0.05) is 3.57 Å². The fraction of sp³-hybridized carbons (Fsp3) is 0.385. The molecule has 2 rings (SSSR count). The van der Waals surface area contributed by atoms with E-state index in [4.69, 9.17) is 16.3 Å². The Bertz CT molecular complexity index is 624. The van der Waals surface area contributed by atoms with Gasteiger partial charge in [-0.3, -0.25) is 0 Å². The molecule has 6 heteroatoms. The van der Waals surface area contributed by atoms with E-state index in [9.17, 15) is 4.79 Å². The molecular formula is C13H14ClIN2O2. The summed E-state index contributed by atoms with van der Waals surface area (Å²) in [5.41, 5.74) is 1.73. The highest BCUT2D eigenvalue weighted by Gasteiger charge is 2.24. The summed E-state index contributed by atoms with van der Waals surface area (Å²) in [6.07, 6.45) is 0. The van der Waals surface area contributed by atoms with Crippen LogP contribution in [0.2, 0.25) is 0 Å². The van der Waals surface area contributed by atoms with Gasteiger partial charge in [0.1, 0.15) is 11.9 Å². The van der Waals surface area contributed by atoms with Crippen molar-refractivity contribution in [1.29, 1.82) is 0 Å². The normalized spacial score (nSPS) is 14.4. The number of hydrogen-bond acceptors (Lipinski definition) is 3. The molecule has 0 aliphatic rings. The van der Waals surface area contributed by atoms with E-state index < -0.39 is 6.04 Å². The van der Waals surface area contributed by atoms with Gasteiger partial charge in [-0.05, 0) is 54.6 Å². The monoisotopic (exact) mass is 392 g/mol. The van der Waals surface area contributed by atoms with Crippen molar-refractivity contribution in [2.45, 2.75) is 25.3 Å². The first-order valence-corrected chi connectivity index (χ1v) is 7.36. The Balaban J connectivity index is 2.68. The van der Waals surface area contributed by atoms with Crippen molar-refractivity contribution < 1.29 is 9.53 Å². The first-order valence-electron chi connectivity index (χ1n) is 5.85. The molecule has 1 heterocycles. The van der Waals surface area contributed by atoms with Crippen LogP contribution in [0, 0.1) is 3.57 Å². The zero-order chi connectivity index (χ0) is 14.2.